The molecule has 0 aromatic heterocycles. The van der Waals surface area contributed by atoms with E-state index < -0.39 is 11.7 Å². The average molecular weight is 320 g/mol. The van der Waals surface area contributed by atoms with Gasteiger partial charge in [-0.2, -0.15) is 0 Å². The zero-order valence-electron chi connectivity index (χ0n) is 15.1. The SMILES string of the molecule is C=C(C)C1=CC=C(C)CCC(=O)C(C)CCC(O)C(C)(O)CC1. The maximum Gasteiger partial charge on any atom is 0.136 e. The third kappa shape index (κ3) is 6.44. The molecular formula is C20H32O3. The molecule has 3 heteroatoms. The quantitative estimate of drug-likeness (QED) is 0.764. The van der Waals surface area contributed by atoms with Crippen molar-refractivity contribution in [3.05, 3.63) is 35.5 Å². The summed E-state index contributed by atoms with van der Waals surface area (Å²) in [5.74, 6) is 0.156. The Hall–Kier alpha value is -1.19. The molecule has 1 aliphatic rings. The molecule has 1 aliphatic carbocycles. The van der Waals surface area contributed by atoms with Crippen LogP contribution in [-0.2, 0) is 4.79 Å². The van der Waals surface area contributed by atoms with Crippen molar-refractivity contribution in [3.8, 4) is 0 Å². The largest absolute Gasteiger partial charge is 0.390 e. The first-order valence-corrected chi connectivity index (χ1v) is 8.59. The topological polar surface area (TPSA) is 57.5 Å². The number of carbonyl (C=O) groups excluding carboxylic acids is 1. The van der Waals surface area contributed by atoms with E-state index in [1.165, 1.54) is 5.57 Å². The van der Waals surface area contributed by atoms with Crippen LogP contribution in [-0.4, -0.2) is 27.7 Å². The van der Waals surface area contributed by atoms with Gasteiger partial charge < -0.3 is 10.2 Å². The maximum absolute atomic E-state index is 12.2. The molecule has 0 saturated heterocycles. The first-order chi connectivity index (χ1) is 10.6. The van der Waals surface area contributed by atoms with Crippen LogP contribution in [0.15, 0.2) is 35.5 Å². The number of Topliss-reactive ketones (excluding diaryl/α,β-unsaturated/α-hetero) is 1. The van der Waals surface area contributed by atoms with Crippen LogP contribution in [0.5, 0.6) is 0 Å². The smallest absolute Gasteiger partial charge is 0.136 e. The number of carbonyl (C=O) groups is 1. The van der Waals surface area contributed by atoms with E-state index >= 15 is 0 Å². The van der Waals surface area contributed by atoms with E-state index in [0.717, 1.165) is 17.6 Å². The van der Waals surface area contributed by atoms with Gasteiger partial charge in [-0.15, -0.1) is 0 Å². The highest BCUT2D eigenvalue weighted by Gasteiger charge is 2.30. The maximum atomic E-state index is 12.2. The van der Waals surface area contributed by atoms with Gasteiger partial charge in [0, 0.05) is 12.3 Å². The van der Waals surface area contributed by atoms with Gasteiger partial charge in [0.1, 0.15) is 5.78 Å². The fourth-order valence-corrected chi connectivity index (χ4v) is 2.77. The number of aliphatic hydroxyl groups is 2. The molecule has 0 aliphatic heterocycles. The summed E-state index contributed by atoms with van der Waals surface area (Å²) in [6.45, 7) is 11.6. The highest BCUT2D eigenvalue weighted by Crippen LogP contribution is 2.27. The molecule has 0 amide bonds. The molecule has 130 valence electrons. The average Bonchev–Trinajstić information content (AvgIpc) is 2.48. The van der Waals surface area contributed by atoms with Gasteiger partial charge in [-0.1, -0.05) is 36.8 Å². The molecule has 0 bridgehead atoms. The van der Waals surface area contributed by atoms with Crippen molar-refractivity contribution in [2.24, 2.45) is 5.92 Å². The summed E-state index contributed by atoms with van der Waals surface area (Å²) in [5, 5.41) is 20.9. The molecule has 0 aromatic rings. The molecule has 0 heterocycles. The summed E-state index contributed by atoms with van der Waals surface area (Å²) in [4.78, 5) is 12.2. The fourth-order valence-electron chi connectivity index (χ4n) is 2.77. The van der Waals surface area contributed by atoms with Crippen LogP contribution in [0, 0.1) is 5.92 Å². The van der Waals surface area contributed by atoms with Gasteiger partial charge in [0.25, 0.3) is 0 Å². The van der Waals surface area contributed by atoms with Gasteiger partial charge in [-0.3, -0.25) is 4.79 Å². The van der Waals surface area contributed by atoms with Crippen LogP contribution in [0.2, 0.25) is 0 Å². The van der Waals surface area contributed by atoms with Crippen LogP contribution >= 0.6 is 0 Å². The van der Waals surface area contributed by atoms with E-state index in [-0.39, 0.29) is 11.7 Å². The van der Waals surface area contributed by atoms with Crippen molar-refractivity contribution in [1.29, 1.82) is 0 Å². The lowest BCUT2D eigenvalue weighted by atomic mass is 9.85. The molecule has 0 spiro atoms. The van der Waals surface area contributed by atoms with Crippen LogP contribution in [0.25, 0.3) is 0 Å². The van der Waals surface area contributed by atoms with Crippen LogP contribution in [0.3, 0.4) is 0 Å². The molecule has 23 heavy (non-hydrogen) atoms. The Labute approximate surface area is 140 Å². The number of hydrogen-bond donors (Lipinski definition) is 2. The molecule has 3 atom stereocenters. The van der Waals surface area contributed by atoms with Gasteiger partial charge in [0.2, 0.25) is 0 Å². The van der Waals surface area contributed by atoms with Crippen molar-refractivity contribution in [2.45, 2.75) is 77.9 Å². The Morgan fingerprint density at radius 1 is 1.26 bits per heavy atom. The molecule has 0 radical (unpaired) electrons. The third-order valence-corrected chi connectivity index (χ3v) is 4.92. The number of ketones is 1. The molecule has 0 fully saturated rings. The van der Waals surface area contributed by atoms with E-state index in [2.05, 4.69) is 6.58 Å². The van der Waals surface area contributed by atoms with E-state index in [0.29, 0.717) is 32.1 Å². The number of hydrogen-bond acceptors (Lipinski definition) is 3. The van der Waals surface area contributed by atoms with Gasteiger partial charge >= 0.3 is 0 Å². The zero-order valence-corrected chi connectivity index (χ0v) is 15.1. The Balaban J connectivity index is 3.03. The van der Waals surface area contributed by atoms with Crippen molar-refractivity contribution in [1.82, 2.24) is 0 Å². The second-order valence-corrected chi connectivity index (χ2v) is 7.30. The Morgan fingerprint density at radius 2 is 1.91 bits per heavy atom. The highest BCUT2D eigenvalue weighted by molar-refractivity contribution is 5.80. The summed E-state index contributed by atoms with van der Waals surface area (Å²) < 4.78 is 0. The summed E-state index contributed by atoms with van der Waals surface area (Å²) in [5.41, 5.74) is 2.07. The molecule has 0 saturated carbocycles. The number of aliphatic hydroxyl groups excluding tert-OH is 1. The fraction of sp³-hybridized carbons (Fsp3) is 0.650. The molecule has 1 rings (SSSR count). The van der Waals surface area contributed by atoms with Crippen LogP contribution in [0.1, 0.15) is 66.2 Å². The van der Waals surface area contributed by atoms with Gasteiger partial charge in [0.05, 0.1) is 11.7 Å². The lowest BCUT2D eigenvalue weighted by Gasteiger charge is -2.30. The lowest BCUT2D eigenvalue weighted by molar-refractivity contribution is -0.123. The van der Waals surface area contributed by atoms with Crippen molar-refractivity contribution in [3.63, 3.8) is 0 Å². The van der Waals surface area contributed by atoms with Crippen molar-refractivity contribution >= 4 is 5.78 Å². The monoisotopic (exact) mass is 320 g/mol. The second kappa shape index (κ2) is 8.60. The normalized spacial score (nSPS) is 31.8. The highest BCUT2D eigenvalue weighted by atomic mass is 16.3. The summed E-state index contributed by atoms with van der Waals surface area (Å²) in [7, 11) is 0. The second-order valence-electron chi connectivity index (χ2n) is 7.30. The number of allylic oxidation sites excluding steroid dienone is 5. The van der Waals surface area contributed by atoms with E-state index in [1.807, 2.05) is 32.9 Å². The van der Waals surface area contributed by atoms with E-state index in [4.69, 9.17) is 0 Å². The standard InChI is InChI=1S/C20H32O3/c1-14(2)17-9-6-15(3)7-10-18(21)16(4)8-11-19(22)20(5,23)13-12-17/h6,9,16,19,22-23H,1,7-8,10-13H2,2-5H3. The summed E-state index contributed by atoms with van der Waals surface area (Å²) >= 11 is 0. The van der Waals surface area contributed by atoms with E-state index in [1.54, 1.807) is 6.92 Å². The minimum absolute atomic E-state index is 0.0716. The minimum atomic E-state index is -1.15. The first-order valence-electron chi connectivity index (χ1n) is 8.59. The number of rotatable bonds is 1. The summed E-state index contributed by atoms with van der Waals surface area (Å²) in [6, 6.07) is 0. The third-order valence-electron chi connectivity index (χ3n) is 4.92. The molecular weight excluding hydrogens is 288 g/mol. The predicted octanol–water partition coefficient (Wildman–Crippen LogP) is 4.11. The van der Waals surface area contributed by atoms with Gasteiger partial charge in [-0.25, -0.2) is 0 Å². The lowest BCUT2D eigenvalue weighted by Crippen LogP contribution is -2.39. The van der Waals surface area contributed by atoms with Gasteiger partial charge in [-0.05, 0) is 58.4 Å². The molecule has 2 N–H and O–H groups in total. The minimum Gasteiger partial charge on any atom is -0.390 e. The van der Waals surface area contributed by atoms with Crippen molar-refractivity contribution < 1.29 is 15.0 Å². The summed E-state index contributed by atoms with van der Waals surface area (Å²) in [6.07, 6.45) is 6.76. The molecule has 3 nitrogen and oxygen atoms in total. The Bertz CT molecular complexity index is 497. The van der Waals surface area contributed by atoms with E-state index in [9.17, 15) is 15.0 Å². The first kappa shape index (κ1) is 19.9. The van der Waals surface area contributed by atoms with Gasteiger partial charge in [0.15, 0.2) is 0 Å². The predicted molar refractivity (Wildman–Crippen MR) is 95.2 cm³/mol. The molecule has 0 aromatic carbocycles. The molecule has 3 unspecified atom stereocenters. The van der Waals surface area contributed by atoms with Crippen molar-refractivity contribution in [2.75, 3.05) is 0 Å². The van der Waals surface area contributed by atoms with Crippen LogP contribution < -0.4 is 0 Å². The zero-order chi connectivity index (χ0) is 17.6. The van der Waals surface area contributed by atoms with Crippen LogP contribution in [0.4, 0.5) is 0 Å². The Kier molecular flexibility index (Phi) is 7.43. The Morgan fingerprint density at radius 3 is 2.52 bits per heavy atom.